The zero-order valence-electron chi connectivity index (χ0n) is 21.2. The van der Waals surface area contributed by atoms with Gasteiger partial charge in [-0.15, -0.1) is 0 Å². The molecular formula is C27H36O6Si. The summed E-state index contributed by atoms with van der Waals surface area (Å²) >= 11 is 0. The zero-order valence-corrected chi connectivity index (χ0v) is 22.2. The molecule has 2 fully saturated rings. The number of hydrogen-bond acceptors (Lipinski definition) is 6. The number of fused-ring (bicyclic) bond motifs is 1. The monoisotopic (exact) mass is 484 g/mol. The van der Waals surface area contributed by atoms with Gasteiger partial charge >= 0.3 is 0 Å². The van der Waals surface area contributed by atoms with Crippen LogP contribution in [0.1, 0.15) is 41.5 Å². The van der Waals surface area contributed by atoms with Crippen LogP contribution in [0.3, 0.4) is 0 Å². The molecule has 0 saturated carbocycles. The molecule has 2 saturated heterocycles. The van der Waals surface area contributed by atoms with Gasteiger partial charge in [-0.3, -0.25) is 4.79 Å². The first-order valence-corrected chi connectivity index (χ1v) is 13.7. The smallest absolute Gasteiger partial charge is 0.261 e. The van der Waals surface area contributed by atoms with Crippen molar-refractivity contribution in [1.29, 1.82) is 0 Å². The van der Waals surface area contributed by atoms with E-state index in [1.807, 2.05) is 50.2 Å². The lowest BCUT2D eigenvalue weighted by molar-refractivity contribution is -0.242. The fraction of sp³-hybridized carbons (Fsp3) is 0.519. The normalized spacial score (nSPS) is 28.6. The molecule has 0 radical (unpaired) electrons. The number of ether oxygens (including phenoxy) is 4. The van der Waals surface area contributed by atoms with E-state index in [9.17, 15) is 4.79 Å². The molecule has 2 aliphatic heterocycles. The van der Waals surface area contributed by atoms with E-state index in [2.05, 4.69) is 45.0 Å². The minimum Gasteiger partial charge on any atom is -0.404 e. The van der Waals surface area contributed by atoms with Gasteiger partial charge in [0.25, 0.3) is 8.32 Å². The maximum atomic E-state index is 13.2. The first-order chi connectivity index (χ1) is 16.0. The van der Waals surface area contributed by atoms with Crippen LogP contribution >= 0.6 is 0 Å². The Morgan fingerprint density at radius 2 is 1.47 bits per heavy atom. The lowest BCUT2D eigenvalue weighted by Crippen LogP contribution is -2.69. The predicted molar refractivity (Wildman–Crippen MR) is 133 cm³/mol. The van der Waals surface area contributed by atoms with Crippen molar-refractivity contribution in [3.05, 3.63) is 60.7 Å². The number of rotatable bonds is 7. The Morgan fingerprint density at radius 3 is 1.91 bits per heavy atom. The maximum absolute atomic E-state index is 13.2. The summed E-state index contributed by atoms with van der Waals surface area (Å²) in [6.45, 7) is 11.8. The lowest BCUT2D eigenvalue weighted by atomic mass is 9.92. The highest BCUT2D eigenvalue weighted by molar-refractivity contribution is 6.99. The molecule has 2 heterocycles. The van der Waals surface area contributed by atoms with Gasteiger partial charge in [-0.05, 0) is 36.2 Å². The van der Waals surface area contributed by atoms with Gasteiger partial charge in [0, 0.05) is 7.11 Å². The maximum Gasteiger partial charge on any atom is 0.261 e. The molecule has 0 aliphatic carbocycles. The summed E-state index contributed by atoms with van der Waals surface area (Å²) < 4.78 is 31.3. The fourth-order valence-corrected chi connectivity index (χ4v) is 9.98. The molecule has 4 rings (SSSR count). The van der Waals surface area contributed by atoms with Gasteiger partial charge in [-0.1, -0.05) is 81.4 Å². The number of carbonyl (C=O) groups is 1. The number of Topliss-reactive ketones (excluding diaryl/α,β-unsaturated/α-hetero) is 1. The van der Waals surface area contributed by atoms with E-state index in [1.165, 1.54) is 6.92 Å². The molecule has 2 aliphatic rings. The van der Waals surface area contributed by atoms with Crippen molar-refractivity contribution in [2.24, 2.45) is 0 Å². The van der Waals surface area contributed by atoms with Crippen molar-refractivity contribution < 1.29 is 28.2 Å². The van der Waals surface area contributed by atoms with Crippen LogP contribution in [0.5, 0.6) is 0 Å². The molecule has 184 valence electrons. The van der Waals surface area contributed by atoms with Gasteiger partial charge in [-0.2, -0.15) is 0 Å². The lowest BCUT2D eigenvalue weighted by Gasteiger charge is -2.45. The van der Waals surface area contributed by atoms with Crippen LogP contribution in [-0.2, 0) is 28.2 Å². The number of methoxy groups -OCH3 is 1. The third-order valence-electron chi connectivity index (χ3n) is 6.94. The molecule has 0 N–H and O–H groups in total. The summed E-state index contributed by atoms with van der Waals surface area (Å²) in [6.07, 6.45) is -1.88. The van der Waals surface area contributed by atoms with Gasteiger partial charge in [-0.25, -0.2) is 0 Å². The minimum atomic E-state index is -2.89. The third-order valence-corrected chi connectivity index (χ3v) is 11.9. The first-order valence-electron chi connectivity index (χ1n) is 11.8. The van der Waals surface area contributed by atoms with Crippen LogP contribution in [0.25, 0.3) is 0 Å². The molecule has 0 spiro atoms. The molecule has 2 aromatic rings. The number of hydrogen-bond donors (Lipinski definition) is 0. The van der Waals surface area contributed by atoms with E-state index in [0.29, 0.717) is 0 Å². The minimum absolute atomic E-state index is 0.0360. The number of ketones is 1. The molecule has 0 bridgehead atoms. The van der Waals surface area contributed by atoms with E-state index in [4.69, 9.17) is 23.4 Å². The van der Waals surface area contributed by atoms with E-state index in [0.717, 1.165) is 10.4 Å². The SMILES string of the molecule is CO[C@H]1[C@H]2OC(C)(C)O[C@H]2O[C@@]1(CO[Si](c1ccccc1)(c1ccccc1)C(C)(C)C)C(C)=O. The summed E-state index contributed by atoms with van der Waals surface area (Å²) in [7, 11) is -1.31. The summed E-state index contributed by atoms with van der Waals surface area (Å²) in [6, 6.07) is 20.6. The topological polar surface area (TPSA) is 63.2 Å². The summed E-state index contributed by atoms with van der Waals surface area (Å²) in [4.78, 5) is 13.2. The van der Waals surface area contributed by atoms with E-state index in [1.54, 1.807) is 7.11 Å². The third kappa shape index (κ3) is 4.08. The van der Waals surface area contributed by atoms with Crippen molar-refractivity contribution in [3.63, 3.8) is 0 Å². The average Bonchev–Trinajstić information content (AvgIpc) is 3.23. The van der Waals surface area contributed by atoms with E-state index < -0.39 is 38.2 Å². The van der Waals surface area contributed by atoms with Crippen LogP contribution in [0.15, 0.2) is 60.7 Å². The average molecular weight is 485 g/mol. The highest BCUT2D eigenvalue weighted by atomic mass is 28.4. The molecule has 34 heavy (non-hydrogen) atoms. The van der Waals surface area contributed by atoms with Crippen LogP contribution in [0.4, 0.5) is 0 Å². The molecule has 0 amide bonds. The molecule has 4 atom stereocenters. The summed E-state index contributed by atoms with van der Waals surface area (Å²) in [5.41, 5.74) is -1.34. The van der Waals surface area contributed by atoms with Gasteiger partial charge in [0.15, 0.2) is 23.5 Å². The second kappa shape index (κ2) is 8.97. The first kappa shape index (κ1) is 25.2. The fourth-order valence-electron chi connectivity index (χ4n) is 5.40. The quantitative estimate of drug-likeness (QED) is 0.562. The van der Waals surface area contributed by atoms with Crippen LogP contribution in [-0.4, -0.2) is 57.7 Å². The van der Waals surface area contributed by atoms with Crippen LogP contribution in [0.2, 0.25) is 5.04 Å². The number of benzene rings is 2. The Balaban J connectivity index is 1.79. The van der Waals surface area contributed by atoms with Crippen molar-refractivity contribution >= 4 is 24.5 Å². The van der Waals surface area contributed by atoms with Crippen molar-refractivity contribution in [2.75, 3.05) is 13.7 Å². The Kier molecular flexibility index (Phi) is 6.65. The molecule has 0 aromatic heterocycles. The molecule has 6 nitrogen and oxygen atoms in total. The second-order valence-corrected chi connectivity index (χ2v) is 14.9. The zero-order chi connectivity index (χ0) is 24.8. The van der Waals surface area contributed by atoms with Crippen molar-refractivity contribution in [1.82, 2.24) is 0 Å². The Bertz CT molecular complexity index is 963. The highest BCUT2D eigenvalue weighted by Gasteiger charge is 2.65. The van der Waals surface area contributed by atoms with Crippen LogP contribution in [0, 0.1) is 0 Å². The predicted octanol–water partition coefficient (Wildman–Crippen LogP) is 3.41. The largest absolute Gasteiger partial charge is 0.404 e. The Morgan fingerprint density at radius 1 is 0.941 bits per heavy atom. The van der Waals surface area contributed by atoms with E-state index >= 15 is 0 Å². The highest BCUT2D eigenvalue weighted by Crippen LogP contribution is 2.45. The van der Waals surface area contributed by atoms with Gasteiger partial charge in [0.2, 0.25) is 0 Å². The van der Waals surface area contributed by atoms with Crippen molar-refractivity contribution in [2.45, 2.75) is 76.5 Å². The second-order valence-electron chi connectivity index (χ2n) is 10.6. The van der Waals surface area contributed by atoms with E-state index in [-0.39, 0.29) is 17.4 Å². The summed E-state index contributed by atoms with van der Waals surface area (Å²) in [5, 5.41) is 2.03. The standard InChI is InChI=1S/C27H36O6Si/c1-19(28)27(23(29-7)22-24(33-27)32-26(5,6)31-22)18-30-34(25(2,3)4,20-14-10-8-11-15-20)21-16-12-9-13-17-21/h8-17,22-24H,18H2,1-7H3/t22-,23+,24+,27+/m1/s1. The van der Waals surface area contributed by atoms with Gasteiger partial charge < -0.3 is 23.4 Å². The molecular weight excluding hydrogens is 448 g/mol. The van der Waals surface area contributed by atoms with Gasteiger partial charge in [0.1, 0.15) is 12.2 Å². The van der Waals surface area contributed by atoms with Crippen molar-refractivity contribution in [3.8, 4) is 0 Å². The molecule has 7 heteroatoms. The molecule has 0 unspecified atom stereocenters. The molecule has 2 aromatic carbocycles. The summed E-state index contributed by atoms with van der Waals surface area (Å²) in [5.74, 6) is -0.981. The van der Waals surface area contributed by atoms with Crippen LogP contribution < -0.4 is 10.4 Å². The Labute approximate surface area is 203 Å². The Hall–Kier alpha value is -1.87. The van der Waals surface area contributed by atoms with Gasteiger partial charge in [0.05, 0.1) is 6.61 Å². The number of carbonyl (C=O) groups excluding carboxylic acids is 1.